The monoisotopic (exact) mass is 203 g/mol. The van der Waals surface area contributed by atoms with Crippen molar-refractivity contribution in [2.24, 2.45) is 0 Å². The fraction of sp³-hybridized carbons (Fsp3) is 0.500. The zero-order valence-electron chi connectivity index (χ0n) is 7.18. The molecule has 1 aliphatic rings. The predicted octanol–water partition coefficient (Wildman–Crippen LogP) is 0.349. The lowest BCUT2D eigenvalue weighted by atomic mass is 10.1. The zero-order chi connectivity index (χ0) is 9.73. The average Bonchev–Trinajstić information content (AvgIpc) is 2.04. The van der Waals surface area contributed by atoms with Crippen LogP contribution in [0, 0.1) is 0 Å². The molecule has 0 aliphatic heterocycles. The Morgan fingerprint density at radius 3 is 2.77 bits per heavy atom. The SMILES string of the molecule is O=S(=O)(O)CCN[C@H]1C=CC=CC1. The van der Waals surface area contributed by atoms with E-state index in [9.17, 15) is 8.42 Å². The molecule has 0 aromatic heterocycles. The van der Waals surface area contributed by atoms with E-state index in [0.717, 1.165) is 6.42 Å². The molecule has 0 fully saturated rings. The molecule has 0 saturated heterocycles. The van der Waals surface area contributed by atoms with Crippen molar-refractivity contribution in [3.05, 3.63) is 24.3 Å². The fourth-order valence-electron chi connectivity index (χ4n) is 1.11. The molecule has 0 aromatic rings. The molecule has 1 rings (SSSR count). The van der Waals surface area contributed by atoms with Gasteiger partial charge in [-0.3, -0.25) is 4.55 Å². The van der Waals surface area contributed by atoms with Crippen molar-refractivity contribution in [1.29, 1.82) is 0 Å². The topological polar surface area (TPSA) is 66.4 Å². The van der Waals surface area contributed by atoms with Crippen LogP contribution in [-0.2, 0) is 10.1 Å². The summed E-state index contributed by atoms with van der Waals surface area (Å²) in [4.78, 5) is 0. The highest BCUT2D eigenvalue weighted by molar-refractivity contribution is 7.85. The second-order valence-electron chi connectivity index (χ2n) is 2.90. The second-order valence-corrected chi connectivity index (χ2v) is 4.47. The van der Waals surface area contributed by atoms with Gasteiger partial charge in [-0.2, -0.15) is 8.42 Å². The van der Waals surface area contributed by atoms with Gasteiger partial charge in [0.05, 0.1) is 5.75 Å². The van der Waals surface area contributed by atoms with Crippen molar-refractivity contribution in [3.8, 4) is 0 Å². The van der Waals surface area contributed by atoms with Gasteiger partial charge in [-0.15, -0.1) is 0 Å². The molecular weight excluding hydrogens is 190 g/mol. The summed E-state index contributed by atoms with van der Waals surface area (Å²) in [5, 5.41) is 3.00. The normalized spacial score (nSPS) is 22.1. The first-order valence-electron chi connectivity index (χ1n) is 4.10. The van der Waals surface area contributed by atoms with E-state index in [1.54, 1.807) is 0 Å². The number of hydrogen-bond donors (Lipinski definition) is 2. The van der Waals surface area contributed by atoms with Gasteiger partial charge in [0.15, 0.2) is 0 Å². The summed E-state index contributed by atoms with van der Waals surface area (Å²) < 4.78 is 29.2. The van der Waals surface area contributed by atoms with Crippen LogP contribution in [0.4, 0.5) is 0 Å². The third kappa shape index (κ3) is 4.82. The van der Waals surface area contributed by atoms with Crippen molar-refractivity contribution in [1.82, 2.24) is 5.32 Å². The molecule has 0 amide bonds. The van der Waals surface area contributed by atoms with Crippen molar-refractivity contribution in [3.63, 3.8) is 0 Å². The molecule has 1 atom stereocenters. The van der Waals surface area contributed by atoms with E-state index in [1.807, 2.05) is 24.3 Å². The van der Waals surface area contributed by atoms with Gasteiger partial charge in [-0.1, -0.05) is 24.3 Å². The Kier molecular flexibility index (Phi) is 3.65. The summed E-state index contributed by atoms with van der Waals surface area (Å²) in [6, 6.07) is 0.187. The van der Waals surface area contributed by atoms with E-state index in [0.29, 0.717) is 0 Å². The maximum Gasteiger partial charge on any atom is 0.266 e. The van der Waals surface area contributed by atoms with E-state index < -0.39 is 10.1 Å². The maximum atomic E-state index is 10.4. The van der Waals surface area contributed by atoms with Crippen LogP contribution in [0.25, 0.3) is 0 Å². The highest BCUT2D eigenvalue weighted by Gasteiger charge is 2.07. The smallest absolute Gasteiger partial charge is 0.266 e. The summed E-state index contributed by atoms with van der Waals surface area (Å²) in [5.74, 6) is -0.235. The van der Waals surface area contributed by atoms with Gasteiger partial charge in [-0.05, 0) is 6.42 Å². The minimum Gasteiger partial charge on any atom is -0.309 e. The largest absolute Gasteiger partial charge is 0.309 e. The standard InChI is InChI=1S/C8H13NO3S/c10-13(11,12)7-6-9-8-4-2-1-3-5-8/h1-4,8-9H,5-7H2,(H,10,11,12)/t8-/m0/s1. The number of rotatable bonds is 4. The summed E-state index contributed by atoms with van der Waals surface area (Å²) in [5.41, 5.74) is 0. The second kappa shape index (κ2) is 4.55. The van der Waals surface area contributed by atoms with Crippen molar-refractivity contribution >= 4 is 10.1 Å². The van der Waals surface area contributed by atoms with Crippen LogP contribution in [0.1, 0.15) is 6.42 Å². The molecule has 1 aliphatic carbocycles. The van der Waals surface area contributed by atoms with Crippen LogP contribution in [-0.4, -0.2) is 31.3 Å². The lowest BCUT2D eigenvalue weighted by Gasteiger charge is -2.13. The molecule has 0 unspecified atom stereocenters. The van der Waals surface area contributed by atoms with Crippen LogP contribution >= 0.6 is 0 Å². The van der Waals surface area contributed by atoms with Crippen LogP contribution < -0.4 is 5.32 Å². The highest BCUT2D eigenvalue weighted by atomic mass is 32.2. The maximum absolute atomic E-state index is 10.4. The molecule has 74 valence electrons. The predicted molar refractivity (Wildman–Crippen MR) is 51.1 cm³/mol. The van der Waals surface area contributed by atoms with E-state index in [2.05, 4.69) is 5.32 Å². The first-order chi connectivity index (χ1) is 6.08. The quantitative estimate of drug-likeness (QED) is 0.647. The summed E-state index contributed by atoms with van der Waals surface area (Å²) in [7, 11) is -3.83. The Balaban J connectivity index is 2.20. The van der Waals surface area contributed by atoms with Gasteiger partial charge in [0.1, 0.15) is 0 Å². The van der Waals surface area contributed by atoms with Crippen molar-refractivity contribution in [2.45, 2.75) is 12.5 Å². The van der Waals surface area contributed by atoms with Crippen LogP contribution in [0.5, 0.6) is 0 Å². The molecule has 0 heterocycles. The molecule has 0 radical (unpaired) electrons. The Hall–Kier alpha value is -0.650. The third-order valence-electron chi connectivity index (χ3n) is 1.75. The van der Waals surface area contributed by atoms with Gasteiger partial charge in [-0.25, -0.2) is 0 Å². The van der Waals surface area contributed by atoms with E-state index in [4.69, 9.17) is 4.55 Å². The zero-order valence-corrected chi connectivity index (χ0v) is 8.00. The van der Waals surface area contributed by atoms with Gasteiger partial charge < -0.3 is 5.32 Å². The summed E-state index contributed by atoms with van der Waals surface area (Å²) >= 11 is 0. The Labute approximate surface area is 78.1 Å². The van der Waals surface area contributed by atoms with Gasteiger partial charge in [0.25, 0.3) is 10.1 Å². The first-order valence-corrected chi connectivity index (χ1v) is 5.71. The van der Waals surface area contributed by atoms with E-state index in [-0.39, 0.29) is 18.3 Å². The van der Waals surface area contributed by atoms with Gasteiger partial charge >= 0.3 is 0 Å². The molecule has 0 aromatic carbocycles. The highest BCUT2D eigenvalue weighted by Crippen LogP contribution is 2.01. The Morgan fingerprint density at radius 1 is 1.46 bits per heavy atom. The van der Waals surface area contributed by atoms with Crippen molar-refractivity contribution in [2.75, 3.05) is 12.3 Å². The number of allylic oxidation sites excluding steroid dienone is 2. The molecule has 5 heteroatoms. The number of hydrogen-bond acceptors (Lipinski definition) is 3. The third-order valence-corrected chi connectivity index (χ3v) is 2.47. The molecule has 0 spiro atoms. The first kappa shape index (κ1) is 10.4. The minimum absolute atomic E-state index is 0.187. The molecule has 0 saturated carbocycles. The molecule has 4 nitrogen and oxygen atoms in total. The van der Waals surface area contributed by atoms with Crippen LogP contribution in [0.2, 0.25) is 0 Å². The summed E-state index contributed by atoms with van der Waals surface area (Å²) in [6.45, 7) is 0.279. The van der Waals surface area contributed by atoms with Gasteiger partial charge in [0, 0.05) is 12.6 Å². The molecule has 0 bridgehead atoms. The van der Waals surface area contributed by atoms with E-state index >= 15 is 0 Å². The lowest BCUT2D eigenvalue weighted by Crippen LogP contribution is -2.31. The van der Waals surface area contributed by atoms with E-state index in [1.165, 1.54) is 0 Å². The lowest BCUT2D eigenvalue weighted by molar-refractivity contribution is 0.478. The van der Waals surface area contributed by atoms with Crippen molar-refractivity contribution < 1.29 is 13.0 Å². The summed E-state index contributed by atoms with van der Waals surface area (Å²) in [6.07, 6.45) is 8.69. The number of nitrogens with one attached hydrogen (secondary N) is 1. The molecular formula is C8H13NO3S. The Morgan fingerprint density at radius 2 is 2.23 bits per heavy atom. The molecule has 2 N–H and O–H groups in total. The molecule has 13 heavy (non-hydrogen) atoms. The Bertz CT molecular complexity index is 305. The fourth-order valence-corrected chi connectivity index (χ4v) is 1.48. The van der Waals surface area contributed by atoms with Crippen LogP contribution in [0.3, 0.4) is 0 Å². The minimum atomic E-state index is -3.83. The van der Waals surface area contributed by atoms with Gasteiger partial charge in [0.2, 0.25) is 0 Å². The van der Waals surface area contributed by atoms with Crippen LogP contribution in [0.15, 0.2) is 24.3 Å². The average molecular weight is 203 g/mol.